The zero-order chi connectivity index (χ0) is 39.6. The predicted molar refractivity (Wildman–Crippen MR) is 207 cm³/mol. The first-order valence-corrected chi connectivity index (χ1v) is 18.7. The first-order valence-electron chi connectivity index (χ1n) is 18.7. The van der Waals surface area contributed by atoms with Crippen molar-refractivity contribution in [3.63, 3.8) is 0 Å². The Morgan fingerprint density at radius 1 is 0.839 bits per heavy atom. The lowest BCUT2D eigenvalue weighted by Crippen LogP contribution is -2.54. The van der Waals surface area contributed by atoms with Gasteiger partial charge in [-0.15, -0.1) is 0 Å². The summed E-state index contributed by atoms with van der Waals surface area (Å²) in [6.45, 7) is 0.596. The van der Waals surface area contributed by atoms with Crippen molar-refractivity contribution in [2.75, 3.05) is 32.1 Å². The molecular formula is C41H43N7O8. The van der Waals surface area contributed by atoms with Crippen molar-refractivity contribution in [3.05, 3.63) is 95.2 Å². The van der Waals surface area contributed by atoms with Gasteiger partial charge in [0.15, 0.2) is 6.61 Å². The van der Waals surface area contributed by atoms with Crippen LogP contribution < -0.4 is 31.3 Å². The van der Waals surface area contributed by atoms with Crippen LogP contribution in [0.5, 0.6) is 5.75 Å². The third-order valence-corrected chi connectivity index (χ3v) is 9.64. The summed E-state index contributed by atoms with van der Waals surface area (Å²) >= 11 is 0. The Bertz CT molecular complexity index is 2170. The third-order valence-electron chi connectivity index (χ3n) is 9.64. The SMILES string of the molecule is CNC(=O)c1cnc2ccc(C(=O)NCCCCCCCCNC(=O)COc3cccc4c3C(=O)N(C3CCC(=O)NC3=O)C4=O)cc2c1Nc1ccccc1. The molecule has 3 aromatic carbocycles. The second kappa shape index (κ2) is 18.1. The van der Waals surface area contributed by atoms with Gasteiger partial charge in [0.2, 0.25) is 11.8 Å². The molecule has 0 spiro atoms. The molecule has 4 aromatic rings. The van der Waals surface area contributed by atoms with Gasteiger partial charge in [-0.25, -0.2) is 0 Å². The predicted octanol–water partition coefficient (Wildman–Crippen LogP) is 4.00. The summed E-state index contributed by atoms with van der Waals surface area (Å²) in [6, 6.07) is 18.1. The maximum atomic E-state index is 13.2. The van der Waals surface area contributed by atoms with Crippen molar-refractivity contribution in [2.24, 2.45) is 0 Å². The van der Waals surface area contributed by atoms with Gasteiger partial charge in [-0.3, -0.25) is 48.8 Å². The topological polar surface area (TPSA) is 205 Å². The van der Waals surface area contributed by atoms with Crippen LogP contribution in [0.1, 0.15) is 92.8 Å². The molecule has 0 radical (unpaired) electrons. The summed E-state index contributed by atoms with van der Waals surface area (Å²) in [7, 11) is 1.56. The highest BCUT2D eigenvalue weighted by molar-refractivity contribution is 6.24. The number of imide groups is 2. The van der Waals surface area contributed by atoms with Gasteiger partial charge in [0, 0.05) is 49.4 Å². The van der Waals surface area contributed by atoms with E-state index in [1.54, 1.807) is 25.2 Å². The van der Waals surface area contributed by atoms with E-state index in [1.165, 1.54) is 24.4 Å². The lowest BCUT2D eigenvalue weighted by atomic mass is 10.0. The molecule has 0 saturated carbocycles. The van der Waals surface area contributed by atoms with Gasteiger partial charge in [0.05, 0.1) is 27.9 Å². The second-order valence-corrected chi connectivity index (χ2v) is 13.5. The summed E-state index contributed by atoms with van der Waals surface area (Å²) in [5, 5.41) is 14.6. The minimum Gasteiger partial charge on any atom is -0.483 e. The zero-order valence-electron chi connectivity index (χ0n) is 30.9. The van der Waals surface area contributed by atoms with Crippen molar-refractivity contribution in [2.45, 2.75) is 57.4 Å². The highest BCUT2D eigenvalue weighted by Gasteiger charge is 2.46. The van der Waals surface area contributed by atoms with Crippen molar-refractivity contribution in [3.8, 4) is 5.75 Å². The standard InChI is InChI=1S/C41H43N7O8/c1-42-38(52)29-23-45-30-17-16-25(22-28(30)36(29)46-26-12-7-6-8-13-26)37(51)44-21-10-5-3-2-4-9-20-43-34(50)24-56-32-15-11-14-27-35(32)41(55)48(40(27)54)31-18-19-33(49)47-39(31)53/h6-8,11-17,22-23,31H,2-5,9-10,18-21,24H2,1H3,(H,42,52)(H,43,50)(H,44,51)(H,45,46)(H,47,49,53). The Kier molecular flexibility index (Phi) is 12.6. The Morgan fingerprint density at radius 2 is 1.57 bits per heavy atom. The van der Waals surface area contributed by atoms with E-state index in [0.29, 0.717) is 40.8 Å². The van der Waals surface area contributed by atoms with Crippen molar-refractivity contribution in [1.82, 2.24) is 31.2 Å². The average molecular weight is 762 g/mol. The molecule has 15 heteroatoms. The molecule has 2 aliphatic heterocycles. The van der Waals surface area contributed by atoms with Gasteiger partial charge in [0.25, 0.3) is 29.5 Å². The van der Waals surface area contributed by atoms with Crippen molar-refractivity contribution >= 4 is 63.6 Å². The molecule has 1 unspecified atom stereocenters. The van der Waals surface area contributed by atoms with E-state index >= 15 is 0 Å². The molecule has 3 heterocycles. The van der Waals surface area contributed by atoms with Crippen LogP contribution in [0.25, 0.3) is 10.9 Å². The summed E-state index contributed by atoms with van der Waals surface area (Å²) in [5.74, 6) is -3.33. The van der Waals surface area contributed by atoms with Crippen molar-refractivity contribution in [1.29, 1.82) is 0 Å². The van der Waals surface area contributed by atoms with E-state index in [2.05, 4.69) is 31.6 Å². The number of para-hydroxylation sites is 1. The second-order valence-electron chi connectivity index (χ2n) is 13.5. The number of anilines is 2. The number of nitrogens with zero attached hydrogens (tertiary/aromatic N) is 2. The fourth-order valence-electron chi connectivity index (χ4n) is 6.73. The normalized spacial score (nSPS) is 14.9. The van der Waals surface area contributed by atoms with Crippen LogP contribution in [-0.2, 0) is 14.4 Å². The summed E-state index contributed by atoms with van der Waals surface area (Å²) in [6.07, 6.45) is 6.88. The summed E-state index contributed by atoms with van der Waals surface area (Å²) in [5.41, 5.74) is 2.90. The number of piperidine rings is 1. The van der Waals surface area contributed by atoms with Crippen molar-refractivity contribution < 1.29 is 38.3 Å². The molecule has 0 aliphatic carbocycles. The number of aromatic nitrogens is 1. The van der Waals surface area contributed by atoms with Crippen LogP contribution in [0.4, 0.5) is 11.4 Å². The molecule has 15 nitrogen and oxygen atoms in total. The number of benzene rings is 3. The maximum absolute atomic E-state index is 13.2. The molecule has 56 heavy (non-hydrogen) atoms. The molecule has 1 atom stereocenters. The van der Waals surface area contributed by atoms with Gasteiger partial charge in [-0.2, -0.15) is 0 Å². The fourth-order valence-corrected chi connectivity index (χ4v) is 6.73. The Balaban J connectivity index is 0.883. The fraction of sp³-hybridized carbons (Fsp3) is 0.317. The molecule has 1 aromatic heterocycles. The molecule has 6 rings (SSSR count). The number of hydrogen-bond acceptors (Lipinski definition) is 10. The largest absolute Gasteiger partial charge is 0.483 e. The number of carbonyl (C=O) groups is 7. The minimum atomic E-state index is -1.10. The van der Waals surface area contributed by atoms with Gasteiger partial charge >= 0.3 is 0 Å². The molecule has 1 saturated heterocycles. The number of carbonyl (C=O) groups excluding carboxylic acids is 7. The van der Waals surface area contributed by atoms with E-state index in [4.69, 9.17) is 4.74 Å². The molecule has 290 valence electrons. The summed E-state index contributed by atoms with van der Waals surface area (Å²) < 4.78 is 5.63. The van der Waals surface area contributed by atoms with E-state index in [-0.39, 0.29) is 54.0 Å². The minimum absolute atomic E-state index is 0.0101. The number of nitrogens with one attached hydrogen (secondary N) is 5. The van der Waals surface area contributed by atoms with Gasteiger partial charge in [0.1, 0.15) is 11.8 Å². The smallest absolute Gasteiger partial charge is 0.266 e. The van der Waals surface area contributed by atoms with Crippen LogP contribution in [0, 0.1) is 0 Å². The molecule has 2 aliphatic rings. The first kappa shape index (κ1) is 39.1. The molecule has 0 bridgehead atoms. The number of fused-ring (bicyclic) bond motifs is 2. The lowest BCUT2D eigenvalue weighted by molar-refractivity contribution is -0.136. The Hall–Kier alpha value is -6.64. The first-order chi connectivity index (χ1) is 27.2. The maximum Gasteiger partial charge on any atom is 0.266 e. The average Bonchev–Trinajstić information content (AvgIpc) is 3.46. The molecule has 5 N–H and O–H groups in total. The highest BCUT2D eigenvalue weighted by Crippen LogP contribution is 2.34. The highest BCUT2D eigenvalue weighted by atomic mass is 16.5. The van der Waals surface area contributed by atoms with Gasteiger partial charge in [-0.05, 0) is 61.7 Å². The van der Waals surface area contributed by atoms with E-state index in [9.17, 15) is 33.6 Å². The zero-order valence-corrected chi connectivity index (χ0v) is 30.9. The van der Waals surface area contributed by atoms with E-state index in [0.717, 1.165) is 49.1 Å². The van der Waals surface area contributed by atoms with Crippen LogP contribution in [-0.4, -0.2) is 84.0 Å². The number of hydrogen-bond donors (Lipinski definition) is 5. The molecule has 1 fully saturated rings. The molecular weight excluding hydrogens is 718 g/mol. The van der Waals surface area contributed by atoms with E-state index in [1.807, 2.05) is 30.3 Å². The molecule has 7 amide bonds. The van der Waals surface area contributed by atoms with Crippen LogP contribution in [0.3, 0.4) is 0 Å². The van der Waals surface area contributed by atoms with E-state index < -0.39 is 29.7 Å². The number of rotatable bonds is 17. The quantitative estimate of drug-likeness (QED) is 0.0773. The third kappa shape index (κ3) is 9.00. The number of unbranched alkanes of at least 4 members (excludes halogenated alkanes) is 5. The van der Waals surface area contributed by atoms with Crippen LogP contribution in [0.15, 0.2) is 72.9 Å². The number of amides is 7. The van der Waals surface area contributed by atoms with Gasteiger partial charge in [-0.1, -0.05) is 49.9 Å². The van der Waals surface area contributed by atoms with Crippen LogP contribution >= 0.6 is 0 Å². The lowest BCUT2D eigenvalue weighted by Gasteiger charge is -2.27. The Morgan fingerprint density at radius 3 is 2.30 bits per heavy atom. The van der Waals surface area contributed by atoms with Crippen LogP contribution in [0.2, 0.25) is 0 Å². The van der Waals surface area contributed by atoms with Gasteiger partial charge < -0.3 is 26.0 Å². The summed E-state index contributed by atoms with van der Waals surface area (Å²) in [4.78, 5) is 93.6. The number of pyridine rings is 1. The number of ether oxygens (including phenoxy) is 1. The monoisotopic (exact) mass is 761 g/mol. The Labute approximate surface area is 322 Å².